The third-order valence-electron chi connectivity index (χ3n) is 3.69. The lowest BCUT2D eigenvalue weighted by molar-refractivity contribution is 0.102. The van der Waals surface area contributed by atoms with Crippen molar-refractivity contribution in [3.63, 3.8) is 0 Å². The molecule has 24 heavy (non-hydrogen) atoms. The Balaban J connectivity index is 1.55. The summed E-state index contributed by atoms with van der Waals surface area (Å²) in [6.45, 7) is 1.50. The largest absolute Gasteiger partial charge is 0.376 e. The lowest BCUT2D eigenvalue weighted by Gasteiger charge is -2.11. The average Bonchev–Trinajstić information content (AvgIpc) is 3.14. The molecular formula is C17H17N5O2. The van der Waals surface area contributed by atoms with Crippen molar-refractivity contribution in [1.82, 2.24) is 9.97 Å². The molecule has 0 bridgehead atoms. The topological polar surface area (TPSA) is 99.9 Å². The van der Waals surface area contributed by atoms with Gasteiger partial charge in [-0.3, -0.25) is 4.79 Å². The van der Waals surface area contributed by atoms with Gasteiger partial charge < -0.3 is 15.4 Å². The molecule has 1 atom stereocenters. The molecule has 0 spiro atoms. The molecule has 1 aliphatic heterocycles. The van der Waals surface area contributed by atoms with Crippen LogP contribution in [0.2, 0.25) is 0 Å². The molecule has 2 aromatic rings. The van der Waals surface area contributed by atoms with Gasteiger partial charge in [-0.25, -0.2) is 9.97 Å². The second-order valence-corrected chi connectivity index (χ2v) is 5.45. The lowest BCUT2D eigenvalue weighted by atomic mass is 10.2. The van der Waals surface area contributed by atoms with Crippen LogP contribution in [0.3, 0.4) is 0 Å². The zero-order chi connectivity index (χ0) is 16.8. The number of nitriles is 1. The molecular weight excluding hydrogens is 306 g/mol. The van der Waals surface area contributed by atoms with Crippen molar-refractivity contribution in [2.75, 3.05) is 23.8 Å². The van der Waals surface area contributed by atoms with E-state index in [1.165, 1.54) is 12.4 Å². The molecule has 1 fully saturated rings. The number of ether oxygens (including phenoxy) is 1. The monoisotopic (exact) mass is 323 g/mol. The van der Waals surface area contributed by atoms with Crippen molar-refractivity contribution < 1.29 is 9.53 Å². The highest BCUT2D eigenvalue weighted by Crippen LogP contribution is 2.13. The summed E-state index contributed by atoms with van der Waals surface area (Å²) in [5, 5.41) is 14.6. The maximum Gasteiger partial charge on any atom is 0.275 e. The first kappa shape index (κ1) is 15.9. The van der Waals surface area contributed by atoms with Crippen LogP contribution in [0.5, 0.6) is 0 Å². The fourth-order valence-electron chi connectivity index (χ4n) is 2.38. The minimum absolute atomic E-state index is 0.214. The van der Waals surface area contributed by atoms with Gasteiger partial charge in [-0.2, -0.15) is 5.26 Å². The maximum absolute atomic E-state index is 12.1. The molecule has 7 heteroatoms. The Bertz CT molecular complexity index is 731. The second kappa shape index (κ2) is 7.53. The van der Waals surface area contributed by atoms with Gasteiger partial charge in [0.15, 0.2) is 0 Å². The van der Waals surface area contributed by atoms with Gasteiger partial charge in [0.1, 0.15) is 11.5 Å². The van der Waals surface area contributed by atoms with Gasteiger partial charge in [0.05, 0.1) is 30.1 Å². The molecule has 0 aliphatic carbocycles. The van der Waals surface area contributed by atoms with E-state index in [-0.39, 0.29) is 17.7 Å². The van der Waals surface area contributed by atoms with Crippen LogP contribution in [0.1, 0.15) is 28.9 Å². The summed E-state index contributed by atoms with van der Waals surface area (Å²) in [6, 6.07) is 8.64. The maximum atomic E-state index is 12.1. The Hall–Kier alpha value is -2.98. The highest BCUT2D eigenvalue weighted by Gasteiger charge is 2.15. The van der Waals surface area contributed by atoms with Crippen LogP contribution < -0.4 is 10.6 Å². The summed E-state index contributed by atoms with van der Waals surface area (Å²) < 4.78 is 5.52. The predicted octanol–water partition coefficient (Wildman–Crippen LogP) is 2.19. The van der Waals surface area contributed by atoms with Crippen molar-refractivity contribution in [3.8, 4) is 6.07 Å². The fourth-order valence-corrected chi connectivity index (χ4v) is 2.38. The second-order valence-electron chi connectivity index (χ2n) is 5.45. The zero-order valence-electron chi connectivity index (χ0n) is 13.0. The summed E-state index contributed by atoms with van der Waals surface area (Å²) in [5.41, 5.74) is 1.36. The van der Waals surface area contributed by atoms with Gasteiger partial charge in [-0.05, 0) is 37.1 Å². The Morgan fingerprint density at radius 3 is 2.75 bits per heavy atom. The molecule has 1 amide bonds. The van der Waals surface area contributed by atoms with Crippen LogP contribution in [-0.2, 0) is 4.74 Å². The molecule has 1 unspecified atom stereocenters. The minimum atomic E-state index is -0.349. The van der Waals surface area contributed by atoms with Crippen molar-refractivity contribution in [3.05, 3.63) is 47.9 Å². The van der Waals surface area contributed by atoms with E-state index in [2.05, 4.69) is 20.6 Å². The molecule has 1 aliphatic rings. The Labute approximate surface area is 139 Å². The van der Waals surface area contributed by atoms with Gasteiger partial charge in [0.25, 0.3) is 5.91 Å². The van der Waals surface area contributed by atoms with Crippen molar-refractivity contribution in [1.29, 1.82) is 5.26 Å². The van der Waals surface area contributed by atoms with E-state index >= 15 is 0 Å². The normalized spacial score (nSPS) is 16.4. The number of hydrogen-bond donors (Lipinski definition) is 2. The average molecular weight is 323 g/mol. The van der Waals surface area contributed by atoms with Crippen molar-refractivity contribution in [2.24, 2.45) is 0 Å². The van der Waals surface area contributed by atoms with Gasteiger partial charge in [0, 0.05) is 18.8 Å². The molecule has 3 rings (SSSR count). The Kier molecular flexibility index (Phi) is 4.99. The summed E-state index contributed by atoms with van der Waals surface area (Å²) in [4.78, 5) is 20.4. The quantitative estimate of drug-likeness (QED) is 0.875. The summed E-state index contributed by atoms with van der Waals surface area (Å²) in [7, 11) is 0. The van der Waals surface area contributed by atoms with Gasteiger partial charge in [-0.15, -0.1) is 0 Å². The predicted molar refractivity (Wildman–Crippen MR) is 88.6 cm³/mol. The highest BCUT2D eigenvalue weighted by molar-refractivity contribution is 6.02. The summed E-state index contributed by atoms with van der Waals surface area (Å²) in [5.74, 6) is 0.262. The number of benzene rings is 1. The van der Waals surface area contributed by atoms with Crippen LogP contribution in [0.25, 0.3) is 0 Å². The Morgan fingerprint density at radius 2 is 2.12 bits per heavy atom. The summed E-state index contributed by atoms with van der Waals surface area (Å²) >= 11 is 0. The van der Waals surface area contributed by atoms with Crippen LogP contribution in [0, 0.1) is 11.3 Å². The number of aromatic nitrogens is 2. The van der Waals surface area contributed by atoms with Crippen molar-refractivity contribution in [2.45, 2.75) is 18.9 Å². The van der Waals surface area contributed by atoms with E-state index in [0.29, 0.717) is 23.6 Å². The highest BCUT2D eigenvalue weighted by atomic mass is 16.5. The minimum Gasteiger partial charge on any atom is -0.376 e. The summed E-state index contributed by atoms with van der Waals surface area (Å²) in [6.07, 6.45) is 5.31. The number of rotatable bonds is 5. The van der Waals surface area contributed by atoms with E-state index in [0.717, 1.165) is 19.4 Å². The van der Waals surface area contributed by atoms with Crippen LogP contribution in [-0.4, -0.2) is 35.1 Å². The van der Waals surface area contributed by atoms with E-state index in [1.54, 1.807) is 24.3 Å². The Morgan fingerprint density at radius 1 is 1.29 bits per heavy atom. The molecule has 2 N–H and O–H groups in total. The first-order valence-electron chi connectivity index (χ1n) is 7.73. The number of carbonyl (C=O) groups is 1. The van der Waals surface area contributed by atoms with Gasteiger partial charge >= 0.3 is 0 Å². The number of nitrogens with zero attached hydrogens (tertiary/aromatic N) is 3. The number of anilines is 2. The molecule has 1 aromatic carbocycles. The molecule has 122 valence electrons. The van der Waals surface area contributed by atoms with Gasteiger partial charge in [0.2, 0.25) is 0 Å². The number of hydrogen-bond acceptors (Lipinski definition) is 6. The van der Waals surface area contributed by atoms with E-state index < -0.39 is 0 Å². The van der Waals surface area contributed by atoms with E-state index in [9.17, 15) is 4.79 Å². The van der Waals surface area contributed by atoms with Gasteiger partial charge in [-0.1, -0.05) is 0 Å². The van der Waals surface area contributed by atoms with Crippen LogP contribution in [0.4, 0.5) is 11.5 Å². The molecule has 1 aromatic heterocycles. The molecule has 0 radical (unpaired) electrons. The molecule has 2 heterocycles. The van der Waals surface area contributed by atoms with Crippen LogP contribution >= 0.6 is 0 Å². The van der Waals surface area contributed by atoms with Crippen molar-refractivity contribution >= 4 is 17.4 Å². The van der Waals surface area contributed by atoms with E-state index in [4.69, 9.17) is 10.00 Å². The first-order valence-corrected chi connectivity index (χ1v) is 7.73. The first-order chi connectivity index (χ1) is 11.7. The number of nitrogens with one attached hydrogen (secondary N) is 2. The SMILES string of the molecule is N#Cc1ccc(NC(=O)c2cnc(NCC3CCCO3)cn2)cc1. The number of carbonyl (C=O) groups excluding carboxylic acids is 1. The molecule has 1 saturated heterocycles. The van der Waals surface area contributed by atoms with E-state index in [1.807, 2.05) is 6.07 Å². The fraction of sp³-hybridized carbons (Fsp3) is 0.294. The lowest BCUT2D eigenvalue weighted by Crippen LogP contribution is -2.19. The smallest absolute Gasteiger partial charge is 0.275 e. The zero-order valence-corrected chi connectivity index (χ0v) is 13.0. The molecule has 0 saturated carbocycles. The third-order valence-corrected chi connectivity index (χ3v) is 3.69. The van der Waals surface area contributed by atoms with Crippen LogP contribution in [0.15, 0.2) is 36.7 Å². The molecule has 7 nitrogen and oxygen atoms in total. The third kappa shape index (κ3) is 4.06. The standard InChI is InChI=1S/C17H17N5O2/c18-8-12-3-5-13(6-4-12)22-17(23)15-10-21-16(11-19-15)20-9-14-2-1-7-24-14/h3-6,10-11,14H,1-2,7,9H2,(H,20,21)(H,22,23). The number of amides is 1.